The van der Waals surface area contributed by atoms with E-state index in [1.54, 1.807) is 18.2 Å². The van der Waals surface area contributed by atoms with E-state index in [0.29, 0.717) is 30.4 Å². The Bertz CT molecular complexity index is 748. The second-order valence-corrected chi connectivity index (χ2v) is 5.70. The van der Waals surface area contributed by atoms with E-state index >= 15 is 0 Å². The number of benzene rings is 1. The van der Waals surface area contributed by atoms with E-state index in [2.05, 4.69) is 14.8 Å². The Morgan fingerprint density at radius 1 is 1.27 bits per heavy atom. The summed E-state index contributed by atoms with van der Waals surface area (Å²) in [7, 11) is 0. The molecule has 0 fully saturated rings. The second kappa shape index (κ2) is 6.51. The number of hydrogen-bond donors (Lipinski definition) is 1. The number of halogens is 2. The van der Waals surface area contributed by atoms with E-state index in [0.717, 1.165) is 11.5 Å². The molecule has 0 saturated carbocycles. The molecule has 114 valence electrons. The molecule has 22 heavy (non-hydrogen) atoms. The number of ether oxygens (including phenoxy) is 1. The van der Waals surface area contributed by atoms with Crippen LogP contribution < -0.4 is 5.32 Å². The van der Waals surface area contributed by atoms with Crippen LogP contribution in [0.5, 0.6) is 0 Å². The largest absolute Gasteiger partial charge is 0.471 e. The Labute approximate surface area is 139 Å². The zero-order valence-corrected chi connectivity index (χ0v) is 13.3. The average Bonchev–Trinajstić information content (AvgIpc) is 2.88. The molecule has 0 bridgehead atoms. The third kappa shape index (κ3) is 3.01. The highest BCUT2D eigenvalue weighted by atomic mass is 35.5. The van der Waals surface area contributed by atoms with Gasteiger partial charge in [-0.05, 0) is 28.8 Å². The summed E-state index contributed by atoms with van der Waals surface area (Å²) in [6.45, 7) is 0.796. The van der Waals surface area contributed by atoms with Gasteiger partial charge >= 0.3 is 0 Å². The van der Waals surface area contributed by atoms with Crippen molar-refractivity contribution in [1.82, 2.24) is 4.37 Å². The van der Waals surface area contributed by atoms with Gasteiger partial charge in [0, 0.05) is 0 Å². The van der Waals surface area contributed by atoms with Crippen LogP contribution in [0.15, 0.2) is 29.4 Å². The van der Waals surface area contributed by atoms with E-state index in [4.69, 9.17) is 32.8 Å². The van der Waals surface area contributed by atoms with Crippen LogP contribution in [-0.4, -0.2) is 29.4 Å². The van der Waals surface area contributed by atoms with E-state index in [1.807, 2.05) is 6.07 Å². The van der Waals surface area contributed by atoms with Crippen LogP contribution in [0.2, 0.25) is 10.2 Å². The Morgan fingerprint density at radius 3 is 2.77 bits per heavy atom. The van der Waals surface area contributed by atoms with E-state index < -0.39 is 5.91 Å². The van der Waals surface area contributed by atoms with Gasteiger partial charge in [-0.1, -0.05) is 35.3 Å². The molecule has 1 aromatic heterocycles. The minimum atomic E-state index is -0.404. The number of nitrogens with one attached hydrogen (secondary N) is 1. The molecule has 0 atom stereocenters. The fraction of sp³-hybridized carbons (Fsp3) is 0.154. The monoisotopic (exact) mass is 357 g/mol. The number of carbonyl (C=O) groups is 1. The molecule has 6 nitrogen and oxygen atoms in total. The van der Waals surface area contributed by atoms with Gasteiger partial charge in [-0.2, -0.15) is 4.37 Å². The first-order valence-electron chi connectivity index (χ1n) is 6.21. The van der Waals surface area contributed by atoms with Crippen LogP contribution in [0.3, 0.4) is 0 Å². The SMILES string of the molecule is O=C(Nc1ccccc1C1=NOCCO1)c1snc(Cl)c1Cl. The van der Waals surface area contributed by atoms with Crippen molar-refractivity contribution in [2.75, 3.05) is 18.5 Å². The van der Waals surface area contributed by atoms with Gasteiger partial charge < -0.3 is 14.9 Å². The summed E-state index contributed by atoms with van der Waals surface area (Å²) in [6, 6.07) is 7.08. The Morgan fingerprint density at radius 2 is 2.09 bits per heavy atom. The minimum absolute atomic E-state index is 0.110. The van der Waals surface area contributed by atoms with Crippen LogP contribution in [0.25, 0.3) is 0 Å². The van der Waals surface area contributed by atoms with Crippen molar-refractivity contribution in [1.29, 1.82) is 0 Å². The molecule has 0 unspecified atom stereocenters. The van der Waals surface area contributed by atoms with Crippen LogP contribution in [0.1, 0.15) is 15.2 Å². The summed E-state index contributed by atoms with van der Waals surface area (Å²) < 4.78 is 9.27. The summed E-state index contributed by atoms with van der Waals surface area (Å²) in [6.07, 6.45) is 0. The van der Waals surface area contributed by atoms with Gasteiger partial charge in [-0.15, -0.1) is 0 Å². The number of rotatable bonds is 3. The number of nitrogens with zero attached hydrogens (tertiary/aromatic N) is 2. The first-order valence-corrected chi connectivity index (χ1v) is 7.74. The van der Waals surface area contributed by atoms with Crippen LogP contribution in [0, 0.1) is 0 Å². The molecule has 1 aliphatic heterocycles. The van der Waals surface area contributed by atoms with Crippen molar-refractivity contribution in [2.24, 2.45) is 5.16 Å². The lowest BCUT2D eigenvalue weighted by Crippen LogP contribution is -2.20. The topological polar surface area (TPSA) is 72.8 Å². The van der Waals surface area contributed by atoms with Crippen molar-refractivity contribution in [3.05, 3.63) is 44.9 Å². The molecule has 2 heterocycles. The number of carbonyl (C=O) groups excluding carboxylic acids is 1. The zero-order valence-electron chi connectivity index (χ0n) is 11.0. The molecule has 3 rings (SSSR count). The maximum atomic E-state index is 12.3. The number of hydrogen-bond acceptors (Lipinski definition) is 6. The van der Waals surface area contributed by atoms with Crippen molar-refractivity contribution in [3.8, 4) is 0 Å². The summed E-state index contributed by atoms with van der Waals surface area (Å²) in [4.78, 5) is 17.5. The predicted molar refractivity (Wildman–Crippen MR) is 85.0 cm³/mol. The third-order valence-corrected chi connectivity index (χ3v) is 4.57. The predicted octanol–water partition coefficient (Wildman–Crippen LogP) is 3.41. The van der Waals surface area contributed by atoms with Gasteiger partial charge in [0.15, 0.2) is 11.8 Å². The highest BCUT2D eigenvalue weighted by molar-refractivity contribution is 7.09. The van der Waals surface area contributed by atoms with Crippen LogP contribution >= 0.6 is 34.7 Å². The number of anilines is 1. The van der Waals surface area contributed by atoms with Gasteiger partial charge in [-0.25, -0.2) is 0 Å². The van der Waals surface area contributed by atoms with E-state index in [-0.39, 0.29) is 15.1 Å². The second-order valence-electron chi connectivity index (χ2n) is 4.19. The lowest BCUT2D eigenvalue weighted by molar-refractivity contribution is 0.0656. The Kier molecular flexibility index (Phi) is 4.47. The molecule has 9 heteroatoms. The molecule has 1 aromatic carbocycles. The van der Waals surface area contributed by atoms with E-state index in [9.17, 15) is 4.79 Å². The van der Waals surface area contributed by atoms with Gasteiger partial charge in [0.25, 0.3) is 11.8 Å². The van der Waals surface area contributed by atoms with Crippen LogP contribution in [-0.2, 0) is 9.57 Å². The summed E-state index contributed by atoms with van der Waals surface area (Å²) in [5.74, 6) is -0.0882. The highest BCUT2D eigenvalue weighted by Crippen LogP contribution is 2.29. The molecule has 0 spiro atoms. The quantitative estimate of drug-likeness (QED) is 0.913. The first kappa shape index (κ1) is 15.1. The molecule has 1 N–H and O–H groups in total. The normalized spacial score (nSPS) is 13.8. The van der Waals surface area contributed by atoms with Gasteiger partial charge in [-0.3, -0.25) is 4.79 Å². The molecule has 0 saturated heterocycles. The molecule has 1 aliphatic rings. The maximum Gasteiger partial charge on any atom is 0.268 e. The van der Waals surface area contributed by atoms with Gasteiger partial charge in [0.2, 0.25) is 0 Å². The molecule has 0 radical (unpaired) electrons. The third-order valence-electron chi connectivity index (χ3n) is 2.77. The molecule has 0 aliphatic carbocycles. The summed E-state index contributed by atoms with van der Waals surface area (Å²) >= 11 is 12.6. The number of oxime groups is 1. The summed E-state index contributed by atoms with van der Waals surface area (Å²) in [5, 5.41) is 6.84. The van der Waals surface area contributed by atoms with Gasteiger partial charge in [0.1, 0.15) is 16.5 Å². The number of para-hydroxylation sites is 1. The fourth-order valence-electron chi connectivity index (χ4n) is 1.79. The smallest absolute Gasteiger partial charge is 0.268 e. The minimum Gasteiger partial charge on any atom is -0.471 e. The van der Waals surface area contributed by atoms with E-state index in [1.165, 1.54) is 0 Å². The Hall–Kier alpha value is -1.83. The molecular weight excluding hydrogens is 349 g/mol. The number of amides is 1. The maximum absolute atomic E-state index is 12.3. The average molecular weight is 358 g/mol. The van der Waals surface area contributed by atoms with Crippen molar-refractivity contribution >= 4 is 52.2 Å². The lowest BCUT2D eigenvalue weighted by Gasteiger charge is -2.16. The fourth-order valence-corrected chi connectivity index (χ4v) is 2.90. The molecular formula is C13H9Cl2N3O3S. The van der Waals surface area contributed by atoms with Gasteiger partial charge in [0.05, 0.1) is 11.3 Å². The van der Waals surface area contributed by atoms with Crippen molar-refractivity contribution in [3.63, 3.8) is 0 Å². The highest BCUT2D eigenvalue weighted by Gasteiger charge is 2.20. The first-order chi connectivity index (χ1) is 10.7. The molecule has 2 aromatic rings. The summed E-state index contributed by atoms with van der Waals surface area (Å²) in [5.41, 5.74) is 1.14. The van der Waals surface area contributed by atoms with Crippen molar-refractivity contribution in [2.45, 2.75) is 0 Å². The zero-order chi connectivity index (χ0) is 15.5. The van der Waals surface area contributed by atoms with Crippen molar-refractivity contribution < 1.29 is 14.4 Å². The van der Waals surface area contributed by atoms with Crippen LogP contribution in [0.4, 0.5) is 5.69 Å². The molecule has 1 amide bonds. The lowest BCUT2D eigenvalue weighted by atomic mass is 10.1. The number of aromatic nitrogens is 1. The Balaban J connectivity index is 1.88. The standard InChI is InChI=1S/C13H9Cl2N3O3S/c14-9-10(22-18-11(9)15)12(19)16-8-4-2-1-3-7(8)13-17-21-6-5-20-13/h1-4H,5-6H2,(H,16,19).